The molecule has 39 heavy (non-hydrogen) atoms. The Hall–Kier alpha value is -3.17. The van der Waals surface area contributed by atoms with Crippen molar-refractivity contribution in [1.82, 2.24) is 10.2 Å². The minimum atomic E-state index is -3.80. The number of halogens is 1. The summed E-state index contributed by atoms with van der Waals surface area (Å²) < 4.78 is 27.8. The lowest BCUT2D eigenvalue weighted by Gasteiger charge is -2.33. The van der Waals surface area contributed by atoms with E-state index in [0.29, 0.717) is 18.7 Å². The van der Waals surface area contributed by atoms with Gasteiger partial charge in [0.25, 0.3) is 0 Å². The number of hydrogen-bond donors (Lipinski definition) is 1. The van der Waals surface area contributed by atoms with Crippen molar-refractivity contribution in [2.75, 3.05) is 23.7 Å². The molecule has 0 saturated heterocycles. The highest BCUT2D eigenvalue weighted by molar-refractivity contribution is 9.10. The van der Waals surface area contributed by atoms with E-state index in [1.54, 1.807) is 12.1 Å². The number of aryl methyl sites for hydroxylation is 2. The Kier molecular flexibility index (Phi) is 10.7. The number of nitrogens with one attached hydrogen (secondary N) is 1. The van der Waals surface area contributed by atoms with Crippen LogP contribution in [0.25, 0.3) is 0 Å². The molecule has 0 aromatic heterocycles. The van der Waals surface area contributed by atoms with Gasteiger partial charge in [-0.2, -0.15) is 0 Å². The van der Waals surface area contributed by atoms with Crippen molar-refractivity contribution < 1.29 is 18.0 Å². The van der Waals surface area contributed by atoms with Gasteiger partial charge in [0.05, 0.1) is 11.9 Å². The summed E-state index contributed by atoms with van der Waals surface area (Å²) in [5.74, 6) is -0.737. The second kappa shape index (κ2) is 13.8. The van der Waals surface area contributed by atoms with Crippen LogP contribution in [0.15, 0.2) is 77.3 Å². The lowest BCUT2D eigenvalue weighted by molar-refractivity contribution is -0.140. The first-order valence-electron chi connectivity index (χ1n) is 12.9. The molecule has 0 aliphatic rings. The monoisotopic (exact) mass is 613 g/mol. The summed E-state index contributed by atoms with van der Waals surface area (Å²) in [6.07, 6.45) is 2.13. The van der Waals surface area contributed by atoms with Gasteiger partial charge in [-0.3, -0.25) is 13.9 Å². The molecule has 0 heterocycles. The molecular weight excluding hydrogens is 578 g/mol. The van der Waals surface area contributed by atoms with Crippen molar-refractivity contribution in [2.24, 2.45) is 0 Å². The second-order valence-electron chi connectivity index (χ2n) is 9.76. The van der Waals surface area contributed by atoms with Crippen LogP contribution < -0.4 is 9.62 Å². The standard InChI is InChI=1S/C30H36BrN3O4S/c1-5-15-32-30(36)28(19-24-9-7-6-8-10-24)33(20-25-11-13-26(31)14-12-25)29(35)21-34(39(4,37)38)27-17-22(2)16-23(3)18-27/h6-14,16-18,28H,5,15,19-21H2,1-4H3,(H,32,36)/t28-/m1/s1. The zero-order chi connectivity index (χ0) is 28.6. The Morgan fingerprint density at radius 3 is 2.10 bits per heavy atom. The Morgan fingerprint density at radius 2 is 1.54 bits per heavy atom. The summed E-state index contributed by atoms with van der Waals surface area (Å²) in [5, 5.41) is 2.94. The highest BCUT2D eigenvalue weighted by Crippen LogP contribution is 2.23. The quantitative estimate of drug-likeness (QED) is 0.311. The fraction of sp³-hybridized carbons (Fsp3) is 0.333. The van der Waals surface area contributed by atoms with E-state index in [0.717, 1.165) is 43.7 Å². The van der Waals surface area contributed by atoms with Crippen LogP contribution >= 0.6 is 15.9 Å². The first-order chi connectivity index (χ1) is 18.5. The molecule has 0 radical (unpaired) electrons. The molecule has 3 aromatic rings. The van der Waals surface area contributed by atoms with E-state index in [9.17, 15) is 18.0 Å². The van der Waals surface area contributed by atoms with Crippen LogP contribution in [-0.4, -0.2) is 50.5 Å². The Labute approximate surface area is 240 Å². The summed E-state index contributed by atoms with van der Waals surface area (Å²) in [6.45, 7) is 5.92. The molecule has 0 unspecified atom stereocenters. The maximum atomic E-state index is 14.1. The number of amides is 2. The zero-order valence-electron chi connectivity index (χ0n) is 22.9. The highest BCUT2D eigenvalue weighted by Gasteiger charge is 2.33. The Morgan fingerprint density at radius 1 is 0.923 bits per heavy atom. The fourth-order valence-electron chi connectivity index (χ4n) is 4.41. The molecule has 0 fully saturated rings. The molecule has 1 atom stereocenters. The predicted octanol–water partition coefficient (Wildman–Crippen LogP) is 5.00. The van der Waals surface area contributed by atoms with Gasteiger partial charge in [-0.1, -0.05) is 71.4 Å². The van der Waals surface area contributed by atoms with Crippen LogP contribution in [0, 0.1) is 13.8 Å². The van der Waals surface area contributed by atoms with Crippen LogP contribution in [0.5, 0.6) is 0 Å². The number of hydrogen-bond acceptors (Lipinski definition) is 4. The molecule has 208 valence electrons. The van der Waals surface area contributed by atoms with E-state index in [-0.39, 0.29) is 12.5 Å². The molecule has 3 rings (SSSR count). The summed E-state index contributed by atoms with van der Waals surface area (Å²) in [5.41, 5.74) is 3.92. The molecular formula is C30H36BrN3O4S. The van der Waals surface area contributed by atoms with Gasteiger partial charge in [0, 0.05) is 24.0 Å². The minimum absolute atomic E-state index is 0.146. The average Bonchev–Trinajstić information content (AvgIpc) is 2.88. The summed E-state index contributed by atoms with van der Waals surface area (Å²) in [7, 11) is -3.80. The average molecular weight is 615 g/mol. The van der Waals surface area contributed by atoms with Crippen LogP contribution in [-0.2, 0) is 32.6 Å². The Bertz CT molecular complexity index is 1360. The normalized spacial score (nSPS) is 12.0. The van der Waals surface area contributed by atoms with Crippen molar-refractivity contribution in [3.63, 3.8) is 0 Å². The first kappa shape index (κ1) is 30.4. The molecule has 0 saturated carbocycles. The first-order valence-corrected chi connectivity index (χ1v) is 15.5. The molecule has 9 heteroatoms. The van der Waals surface area contributed by atoms with Gasteiger partial charge in [0.2, 0.25) is 21.8 Å². The van der Waals surface area contributed by atoms with E-state index in [4.69, 9.17) is 0 Å². The highest BCUT2D eigenvalue weighted by atomic mass is 79.9. The second-order valence-corrected chi connectivity index (χ2v) is 12.6. The number of carbonyl (C=O) groups is 2. The summed E-state index contributed by atoms with van der Waals surface area (Å²) in [4.78, 5) is 29.1. The SMILES string of the molecule is CCCNC(=O)[C@@H](Cc1ccccc1)N(Cc1ccc(Br)cc1)C(=O)CN(c1cc(C)cc(C)c1)S(C)(=O)=O. The zero-order valence-corrected chi connectivity index (χ0v) is 25.3. The van der Waals surface area contributed by atoms with Gasteiger partial charge in [-0.15, -0.1) is 0 Å². The third kappa shape index (κ3) is 8.93. The lowest BCUT2D eigenvalue weighted by Crippen LogP contribution is -2.53. The van der Waals surface area contributed by atoms with Crippen molar-refractivity contribution in [3.05, 3.63) is 99.5 Å². The van der Waals surface area contributed by atoms with Crippen molar-refractivity contribution in [3.8, 4) is 0 Å². The molecule has 0 spiro atoms. The van der Waals surface area contributed by atoms with Crippen LogP contribution in [0.3, 0.4) is 0 Å². The number of anilines is 1. The van der Waals surface area contributed by atoms with E-state index in [2.05, 4.69) is 21.2 Å². The Balaban J connectivity index is 2.05. The number of carbonyl (C=O) groups excluding carboxylic acids is 2. The van der Waals surface area contributed by atoms with Crippen LogP contribution in [0.1, 0.15) is 35.6 Å². The topological polar surface area (TPSA) is 86.8 Å². The van der Waals surface area contributed by atoms with E-state index >= 15 is 0 Å². The van der Waals surface area contributed by atoms with E-state index < -0.39 is 28.5 Å². The van der Waals surface area contributed by atoms with E-state index in [1.807, 2.05) is 81.4 Å². The lowest BCUT2D eigenvalue weighted by atomic mass is 10.0. The van der Waals surface area contributed by atoms with Crippen LogP contribution in [0.4, 0.5) is 5.69 Å². The van der Waals surface area contributed by atoms with Gasteiger partial charge in [0.1, 0.15) is 12.6 Å². The van der Waals surface area contributed by atoms with Crippen molar-refractivity contribution in [2.45, 2.75) is 46.2 Å². The summed E-state index contributed by atoms with van der Waals surface area (Å²) in [6, 6.07) is 21.6. The maximum Gasteiger partial charge on any atom is 0.244 e. The van der Waals surface area contributed by atoms with Gasteiger partial charge in [0.15, 0.2) is 0 Å². The largest absolute Gasteiger partial charge is 0.354 e. The molecule has 0 aliphatic heterocycles. The fourth-order valence-corrected chi connectivity index (χ4v) is 5.51. The van der Waals surface area contributed by atoms with Gasteiger partial charge in [-0.25, -0.2) is 8.42 Å². The molecule has 3 aromatic carbocycles. The maximum absolute atomic E-state index is 14.1. The number of benzene rings is 3. The minimum Gasteiger partial charge on any atom is -0.354 e. The number of sulfonamides is 1. The molecule has 0 bridgehead atoms. The molecule has 1 N–H and O–H groups in total. The smallest absolute Gasteiger partial charge is 0.244 e. The van der Waals surface area contributed by atoms with Gasteiger partial charge in [-0.05, 0) is 66.8 Å². The number of nitrogens with zero attached hydrogens (tertiary/aromatic N) is 2. The third-order valence-corrected chi connectivity index (χ3v) is 7.93. The van der Waals surface area contributed by atoms with Crippen molar-refractivity contribution >= 4 is 43.5 Å². The molecule has 0 aliphatic carbocycles. The van der Waals surface area contributed by atoms with Gasteiger partial charge < -0.3 is 10.2 Å². The van der Waals surface area contributed by atoms with Gasteiger partial charge >= 0.3 is 0 Å². The van der Waals surface area contributed by atoms with Crippen LogP contribution in [0.2, 0.25) is 0 Å². The van der Waals surface area contributed by atoms with E-state index in [1.165, 1.54) is 4.90 Å². The number of rotatable bonds is 12. The molecule has 7 nitrogen and oxygen atoms in total. The van der Waals surface area contributed by atoms with Crippen molar-refractivity contribution in [1.29, 1.82) is 0 Å². The predicted molar refractivity (Wildman–Crippen MR) is 160 cm³/mol. The summed E-state index contributed by atoms with van der Waals surface area (Å²) >= 11 is 3.44. The third-order valence-electron chi connectivity index (χ3n) is 6.26. The molecule has 2 amide bonds.